The van der Waals surface area contributed by atoms with Crippen LogP contribution in [0.1, 0.15) is 30.7 Å². The average molecular weight is 252 g/mol. The Balaban J connectivity index is 1.61. The lowest BCUT2D eigenvalue weighted by Crippen LogP contribution is -2.35. The van der Waals surface area contributed by atoms with Crippen LogP contribution >= 0.6 is 0 Å². The molecular formula is C12H20N4O2. The van der Waals surface area contributed by atoms with E-state index in [4.69, 9.17) is 15.0 Å². The zero-order chi connectivity index (χ0) is 12.5. The van der Waals surface area contributed by atoms with Gasteiger partial charge in [0.2, 0.25) is 11.7 Å². The van der Waals surface area contributed by atoms with Crippen molar-refractivity contribution in [3.63, 3.8) is 0 Å². The molecule has 1 saturated carbocycles. The number of likely N-dealkylation sites (N-methyl/N-ethyl adjacent to an activating group) is 1. The van der Waals surface area contributed by atoms with E-state index in [2.05, 4.69) is 22.1 Å². The van der Waals surface area contributed by atoms with Crippen LogP contribution in [-0.4, -0.2) is 47.8 Å². The lowest BCUT2D eigenvalue weighted by atomic mass is 10.1. The molecule has 1 saturated heterocycles. The van der Waals surface area contributed by atoms with Gasteiger partial charge in [0.15, 0.2) is 0 Å². The van der Waals surface area contributed by atoms with Gasteiger partial charge >= 0.3 is 0 Å². The van der Waals surface area contributed by atoms with E-state index in [1.807, 2.05) is 0 Å². The molecule has 1 aliphatic heterocycles. The van der Waals surface area contributed by atoms with Gasteiger partial charge in [-0.25, -0.2) is 0 Å². The van der Waals surface area contributed by atoms with Crippen LogP contribution in [0.4, 0.5) is 0 Å². The maximum absolute atomic E-state index is 6.05. The van der Waals surface area contributed by atoms with Gasteiger partial charge in [0.05, 0.1) is 6.61 Å². The highest BCUT2D eigenvalue weighted by Gasteiger charge is 2.30. The molecular weight excluding hydrogens is 232 g/mol. The minimum absolute atomic E-state index is 0.0709. The number of morpholine rings is 1. The van der Waals surface area contributed by atoms with Crippen molar-refractivity contribution in [1.29, 1.82) is 0 Å². The molecule has 18 heavy (non-hydrogen) atoms. The van der Waals surface area contributed by atoms with Gasteiger partial charge < -0.3 is 19.9 Å². The molecule has 2 atom stereocenters. The fraction of sp³-hybridized carbons (Fsp3) is 0.833. The lowest BCUT2D eigenvalue weighted by molar-refractivity contribution is -0.0264. The van der Waals surface area contributed by atoms with Gasteiger partial charge in [-0.3, -0.25) is 0 Å². The Bertz CT molecular complexity index is 405. The molecule has 0 amide bonds. The van der Waals surface area contributed by atoms with Gasteiger partial charge in [-0.2, -0.15) is 4.98 Å². The van der Waals surface area contributed by atoms with Crippen molar-refractivity contribution < 1.29 is 9.26 Å². The monoisotopic (exact) mass is 252 g/mol. The van der Waals surface area contributed by atoms with E-state index in [-0.39, 0.29) is 12.1 Å². The van der Waals surface area contributed by atoms with E-state index in [1.165, 1.54) is 12.8 Å². The fourth-order valence-corrected chi connectivity index (χ4v) is 2.31. The molecule has 0 spiro atoms. The van der Waals surface area contributed by atoms with Crippen molar-refractivity contribution in [3.05, 3.63) is 11.7 Å². The number of rotatable bonds is 4. The van der Waals surface area contributed by atoms with E-state index >= 15 is 0 Å². The predicted octanol–water partition coefficient (Wildman–Crippen LogP) is 0.353. The maximum atomic E-state index is 6.05. The quantitative estimate of drug-likeness (QED) is 0.833. The Labute approximate surface area is 106 Å². The van der Waals surface area contributed by atoms with Crippen LogP contribution in [0.2, 0.25) is 0 Å². The second kappa shape index (κ2) is 4.95. The van der Waals surface area contributed by atoms with Crippen LogP contribution in [0.25, 0.3) is 0 Å². The van der Waals surface area contributed by atoms with Gasteiger partial charge in [0.25, 0.3) is 0 Å². The number of nitrogens with zero attached hydrogens (tertiary/aromatic N) is 3. The van der Waals surface area contributed by atoms with Crippen molar-refractivity contribution in [2.45, 2.75) is 31.4 Å². The van der Waals surface area contributed by atoms with Crippen molar-refractivity contribution in [2.24, 2.45) is 11.7 Å². The smallest absolute Gasteiger partial charge is 0.228 e. The van der Waals surface area contributed by atoms with Gasteiger partial charge in [-0.15, -0.1) is 0 Å². The Kier molecular flexibility index (Phi) is 3.32. The first-order valence-electron chi connectivity index (χ1n) is 6.60. The molecule has 100 valence electrons. The average Bonchev–Trinajstić information content (AvgIpc) is 3.10. The molecule has 1 aromatic rings. The van der Waals surface area contributed by atoms with Crippen LogP contribution in [0.5, 0.6) is 0 Å². The van der Waals surface area contributed by atoms with Crippen LogP contribution in [-0.2, 0) is 11.2 Å². The van der Waals surface area contributed by atoms with Crippen LogP contribution in [0.15, 0.2) is 4.52 Å². The Morgan fingerprint density at radius 3 is 3.06 bits per heavy atom. The highest BCUT2D eigenvalue weighted by Crippen LogP contribution is 2.32. The maximum Gasteiger partial charge on any atom is 0.228 e. The first-order valence-corrected chi connectivity index (χ1v) is 6.60. The molecule has 0 bridgehead atoms. The Morgan fingerprint density at radius 1 is 1.50 bits per heavy atom. The zero-order valence-electron chi connectivity index (χ0n) is 10.7. The van der Waals surface area contributed by atoms with Crippen LogP contribution < -0.4 is 5.73 Å². The molecule has 1 aliphatic carbocycles. The number of hydrogen-bond acceptors (Lipinski definition) is 6. The minimum Gasteiger partial charge on any atom is -0.367 e. The third kappa shape index (κ3) is 2.71. The SMILES string of the molecule is CN1CCOC(c2noc(CC(N)C3CC3)n2)C1. The number of aromatic nitrogens is 2. The summed E-state index contributed by atoms with van der Waals surface area (Å²) < 4.78 is 10.9. The molecule has 2 N–H and O–H groups in total. The zero-order valence-corrected chi connectivity index (χ0v) is 10.7. The molecule has 3 rings (SSSR count). The van der Waals surface area contributed by atoms with Gasteiger partial charge in [0.1, 0.15) is 6.10 Å². The standard InChI is InChI=1S/C12H20N4O2/c1-16-4-5-17-10(7-16)12-14-11(18-15-12)6-9(13)8-2-3-8/h8-10H,2-7,13H2,1H3. The Morgan fingerprint density at radius 2 is 2.33 bits per heavy atom. The Hall–Kier alpha value is -0.980. The summed E-state index contributed by atoms with van der Waals surface area (Å²) in [7, 11) is 2.07. The van der Waals surface area contributed by atoms with Gasteiger partial charge in [0, 0.05) is 25.6 Å². The third-order valence-corrected chi connectivity index (χ3v) is 3.68. The van der Waals surface area contributed by atoms with E-state index in [9.17, 15) is 0 Å². The van der Waals surface area contributed by atoms with E-state index in [0.29, 0.717) is 30.7 Å². The summed E-state index contributed by atoms with van der Waals surface area (Å²) in [6, 6.07) is 0.160. The molecule has 0 radical (unpaired) electrons. The van der Waals surface area contributed by atoms with E-state index in [0.717, 1.165) is 13.1 Å². The largest absolute Gasteiger partial charge is 0.367 e. The highest BCUT2D eigenvalue weighted by molar-refractivity contribution is 4.97. The molecule has 0 aromatic carbocycles. The van der Waals surface area contributed by atoms with Gasteiger partial charge in [-0.1, -0.05) is 5.16 Å². The molecule has 2 aliphatic rings. The first kappa shape index (κ1) is 12.1. The van der Waals surface area contributed by atoms with Crippen molar-refractivity contribution in [2.75, 3.05) is 26.7 Å². The lowest BCUT2D eigenvalue weighted by Gasteiger charge is -2.27. The van der Waals surface area contributed by atoms with Crippen molar-refractivity contribution >= 4 is 0 Å². The predicted molar refractivity (Wildman–Crippen MR) is 64.9 cm³/mol. The number of hydrogen-bond donors (Lipinski definition) is 1. The topological polar surface area (TPSA) is 77.4 Å². The third-order valence-electron chi connectivity index (χ3n) is 3.68. The first-order chi connectivity index (χ1) is 8.72. The summed E-state index contributed by atoms with van der Waals surface area (Å²) in [5.74, 6) is 1.94. The van der Waals surface area contributed by atoms with E-state index in [1.54, 1.807) is 0 Å². The highest BCUT2D eigenvalue weighted by atomic mass is 16.5. The number of nitrogens with two attached hydrogens (primary N) is 1. The summed E-state index contributed by atoms with van der Waals surface area (Å²) in [6.07, 6.45) is 3.08. The summed E-state index contributed by atoms with van der Waals surface area (Å²) >= 11 is 0. The van der Waals surface area contributed by atoms with Gasteiger partial charge in [-0.05, 0) is 25.8 Å². The minimum atomic E-state index is -0.0709. The molecule has 2 unspecified atom stereocenters. The second-order valence-electron chi connectivity index (χ2n) is 5.37. The molecule has 2 fully saturated rings. The van der Waals surface area contributed by atoms with Crippen molar-refractivity contribution in [3.8, 4) is 0 Å². The summed E-state index contributed by atoms with van der Waals surface area (Å²) in [5.41, 5.74) is 6.05. The molecule has 2 heterocycles. The summed E-state index contributed by atoms with van der Waals surface area (Å²) in [5, 5.41) is 4.01. The number of ether oxygens (including phenoxy) is 1. The second-order valence-corrected chi connectivity index (χ2v) is 5.37. The summed E-state index contributed by atoms with van der Waals surface area (Å²) in [6.45, 7) is 2.48. The summed E-state index contributed by atoms with van der Waals surface area (Å²) in [4.78, 5) is 6.62. The van der Waals surface area contributed by atoms with Crippen molar-refractivity contribution in [1.82, 2.24) is 15.0 Å². The molecule has 6 heteroatoms. The van der Waals surface area contributed by atoms with Crippen LogP contribution in [0.3, 0.4) is 0 Å². The molecule has 1 aromatic heterocycles. The normalized spacial score (nSPS) is 27.3. The van der Waals surface area contributed by atoms with E-state index < -0.39 is 0 Å². The fourth-order valence-electron chi connectivity index (χ4n) is 2.31. The van der Waals surface area contributed by atoms with Crippen LogP contribution in [0, 0.1) is 5.92 Å². The molecule has 6 nitrogen and oxygen atoms in total.